The molecule has 0 bridgehead atoms. The first-order chi connectivity index (χ1) is 9.76. The van der Waals surface area contributed by atoms with E-state index in [1.807, 2.05) is 0 Å². The second-order valence-corrected chi connectivity index (χ2v) is 4.83. The Balaban J connectivity index is 2.06. The number of hydrogen-bond donors (Lipinski definition) is 1. The Hall–Kier alpha value is -1.99. The minimum absolute atomic E-state index is 0.209. The quantitative estimate of drug-likeness (QED) is 0.873. The zero-order chi connectivity index (χ0) is 15.6. The van der Waals surface area contributed by atoms with Crippen LogP contribution in [0.2, 0.25) is 0 Å². The molecule has 0 aromatic heterocycles. The van der Waals surface area contributed by atoms with E-state index in [0.717, 1.165) is 12.1 Å². The Labute approximate surface area is 118 Å². The van der Waals surface area contributed by atoms with Gasteiger partial charge in [-0.3, -0.25) is 4.79 Å². The molecule has 1 amide bonds. The summed E-state index contributed by atoms with van der Waals surface area (Å²) < 4.78 is 53.3. The third kappa shape index (κ3) is 3.99. The number of amides is 1. The van der Waals surface area contributed by atoms with Crippen molar-refractivity contribution in [2.24, 2.45) is 11.7 Å². The maximum Gasteiger partial charge on any atom is 0.573 e. The van der Waals surface area contributed by atoms with E-state index in [4.69, 9.17) is 5.73 Å². The van der Waals surface area contributed by atoms with Gasteiger partial charge < -0.3 is 15.4 Å². The number of carbonyl (C=O) groups is 1. The highest BCUT2D eigenvalue weighted by Gasteiger charge is 2.32. The molecule has 21 heavy (non-hydrogen) atoms. The van der Waals surface area contributed by atoms with Crippen molar-refractivity contribution < 1.29 is 27.1 Å². The van der Waals surface area contributed by atoms with Crippen LogP contribution in [0.3, 0.4) is 0 Å². The Kier molecular flexibility index (Phi) is 4.24. The number of primary amides is 1. The van der Waals surface area contributed by atoms with E-state index in [-0.39, 0.29) is 11.8 Å². The number of ether oxygens (including phenoxy) is 1. The van der Waals surface area contributed by atoms with Gasteiger partial charge in [-0.05, 0) is 25.0 Å². The second-order valence-electron chi connectivity index (χ2n) is 4.83. The number of rotatable bonds is 3. The van der Waals surface area contributed by atoms with Crippen LogP contribution in [0.25, 0.3) is 0 Å². The first-order valence-electron chi connectivity index (χ1n) is 6.36. The third-order valence-corrected chi connectivity index (χ3v) is 3.40. The molecule has 116 valence electrons. The number of halogens is 4. The zero-order valence-electron chi connectivity index (χ0n) is 11.0. The average Bonchev–Trinajstić information content (AvgIpc) is 2.40. The molecule has 2 N–H and O–H groups in total. The lowest BCUT2D eigenvalue weighted by Gasteiger charge is -2.32. The maximum atomic E-state index is 13.6. The monoisotopic (exact) mass is 306 g/mol. The molecule has 0 saturated carbocycles. The first-order valence-corrected chi connectivity index (χ1v) is 6.36. The fourth-order valence-corrected chi connectivity index (χ4v) is 2.32. The fraction of sp³-hybridized carbons (Fsp3) is 0.462. The molecule has 1 fully saturated rings. The predicted octanol–water partition coefficient (Wildman–Crippen LogP) is 2.43. The molecule has 1 aliphatic heterocycles. The molecule has 8 heteroatoms. The van der Waals surface area contributed by atoms with Crippen LogP contribution in [0, 0.1) is 11.7 Å². The van der Waals surface area contributed by atoms with Crippen LogP contribution in [0.1, 0.15) is 12.8 Å². The molecule has 2 rings (SSSR count). The molecular formula is C13H14F4N2O2. The van der Waals surface area contributed by atoms with Crippen molar-refractivity contribution in [3.05, 3.63) is 24.0 Å². The number of nitrogens with zero attached hydrogens (tertiary/aromatic N) is 1. The Morgan fingerprint density at radius 1 is 1.29 bits per heavy atom. The summed E-state index contributed by atoms with van der Waals surface area (Å²) in [6, 6.07) is 3.29. The molecule has 1 aromatic rings. The van der Waals surface area contributed by atoms with E-state index < -0.39 is 17.9 Å². The highest BCUT2D eigenvalue weighted by molar-refractivity contribution is 5.77. The molecular weight excluding hydrogens is 292 g/mol. The van der Waals surface area contributed by atoms with Crippen molar-refractivity contribution in [3.8, 4) is 5.75 Å². The minimum atomic E-state index is -4.93. The van der Waals surface area contributed by atoms with Crippen molar-refractivity contribution in [1.29, 1.82) is 0 Å². The van der Waals surface area contributed by atoms with Crippen molar-refractivity contribution in [3.63, 3.8) is 0 Å². The fourth-order valence-electron chi connectivity index (χ4n) is 2.32. The lowest BCUT2D eigenvalue weighted by Crippen LogP contribution is -2.38. The molecule has 1 aromatic carbocycles. The van der Waals surface area contributed by atoms with Gasteiger partial charge in [0.25, 0.3) is 0 Å². The van der Waals surface area contributed by atoms with Gasteiger partial charge in [-0.1, -0.05) is 0 Å². The average molecular weight is 306 g/mol. The Morgan fingerprint density at radius 2 is 1.90 bits per heavy atom. The largest absolute Gasteiger partial charge is 0.573 e. The molecule has 0 atom stereocenters. The summed E-state index contributed by atoms with van der Waals surface area (Å²) in [6.45, 7) is 0.985. The number of alkyl halides is 3. The van der Waals surface area contributed by atoms with Gasteiger partial charge in [0, 0.05) is 30.8 Å². The van der Waals surface area contributed by atoms with E-state index in [1.54, 1.807) is 4.90 Å². The molecule has 4 nitrogen and oxygen atoms in total. The van der Waals surface area contributed by atoms with Crippen LogP contribution in [0.5, 0.6) is 5.75 Å². The van der Waals surface area contributed by atoms with Gasteiger partial charge in [-0.15, -0.1) is 13.2 Å². The van der Waals surface area contributed by atoms with Crippen molar-refractivity contribution in [1.82, 2.24) is 0 Å². The highest BCUT2D eigenvalue weighted by Crippen LogP contribution is 2.30. The summed E-state index contributed by atoms with van der Waals surface area (Å²) in [5.74, 6) is -2.52. The van der Waals surface area contributed by atoms with Crippen molar-refractivity contribution in [2.75, 3.05) is 18.0 Å². The highest BCUT2D eigenvalue weighted by atomic mass is 19.4. The standard InChI is InChI=1S/C13H14F4N2O2/c14-10-7-9(1-2-11(10)21-13(15,16)17)19-5-3-8(4-6-19)12(18)20/h1-2,7-8H,3-6H2,(H2,18,20). The Morgan fingerprint density at radius 3 is 2.38 bits per heavy atom. The SMILES string of the molecule is NC(=O)C1CCN(c2ccc(OC(F)(F)F)c(F)c2)CC1. The van der Waals surface area contributed by atoms with Gasteiger partial charge in [-0.25, -0.2) is 4.39 Å². The molecule has 1 aliphatic rings. The Bertz CT molecular complexity index is 525. The summed E-state index contributed by atoms with van der Waals surface area (Å²) in [7, 11) is 0. The maximum absolute atomic E-state index is 13.6. The van der Waals surface area contributed by atoms with Crippen LogP contribution in [0.15, 0.2) is 18.2 Å². The van der Waals surface area contributed by atoms with E-state index in [0.29, 0.717) is 31.6 Å². The van der Waals surface area contributed by atoms with E-state index >= 15 is 0 Å². The minimum Gasteiger partial charge on any atom is -0.403 e. The normalized spacial score (nSPS) is 16.9. The van der Waals surface area contributed by atoms with Gasteiger partial charge in [0.1, 0.15) is 0 Å². The summed E-state index contributed by atoms with van der Waals surface area (Å²) in [5, 5.41) is 0. The van der Waals surface area contributed by atoms with Gasteiger partial charge in [0.15, 0.2) is 11.6 Å². The van der Waals surface area contributed by atoms with E-state index in [2.05, 4.69) is 4.74 Å². The summed E-state index contributed by atoms with van der Waals surface area (Å²) in [5.41, 5.74) is 5.66. The zero-order valence-corrected chi connectivity index (χ0v) is 11.0. The van der Waals surface area contributed by atoms with Crippen LogP contribution in [0.4, 0.5) is 23.2 Å². The molecule has 1 heterocycles. The number of hydrogen-bond acceptors (Lipinski definition) is 3. The van der Waals surface area contributed by atoms with Crippen molar-refractivity contribution in [2.45, 2.75) is 19.2 Å². The van der Waals surface area contributed by atoms with Crippen LogP contribution in [-0.2, 0) is 4.79 Å². The second kappa shape index (κ2) is 5.79. The topological polar surface area (TPSA) is 55.6 Å². The number of piperidine rings is 1. The lowest BCUT2D eigenvalue weighted by atomic mass is 9.96. The van der Waals surface area contributed by atoms with E-state index in [9.17, 15) is 22.4 Å². The molecule has 0 radical (unpaired) electrons. The number of nitrogens with two attached hydrogens (primary N) is 1. The third-order valence-electron chi connectivity index (χ3n) is 3.40. The first kappa shape index (κ1) is 15.4. The van der Waals surface area contributed by atoms with E-state index in [1.165, 1.54) is 6.07 Å². The van der Waals surface area contributed by atoms with Gasteiger partial charge in [-0.2, -0.15) is 0 Å². The number of carbonyl (C=O) groups excluding carboxylic acids is 1. The van der Waals surface area contributed by atoms with Crippen LogP contribution < -0.4 is 15.4 Å². The van der Waals surface area contributed by atoms with Gasteiger partial charge in [0.05, 0.1) is 0 Å². The summed E-state index contributed by atoms with van der Waals surface area (Å²) in [4.78, 5) is 12.8. The predicted molar refractivity (Wildman–Crippen MR) is 67.2 cm³/mol. The lowest BCUT2D eigenvalue weighted by molar-refractivity contribution is -0.275. The summed E-state index contributed by atoms with van der Waals surface area (Å²) in [6.07, 6.45) is -3.85. The van der Waals surface area contributed by atoms with Crippen molar-refractivity contribution >= 4 is 11.6 Å². The number of benzene rings is 1. The molecule has 0 aliphatic carbocycles. The van der Waals surface area contributed by atoms with Crippen LogP contribution in [-0.4, -0.2) is 25.4 Å². The summed E-state index contributed by atoms with van der Waals surface area (Å²) >= 11 is 0. The molecule has 0 unspecified atom stereocenters. The van der Waals surface area contributed by atoms with Gasteiger partial charge in [0.2, 0.25) is 5.91 Å². The number of anilines is 1. The smallest absolute Gasteiger partial charge is 0.403 e. The molecule has 1 saturated heterocycles. The molecule has 0 spiro atoms. The van der Waals surface area contributed by atoms with Gasteiger partial charge >= 0.3 is 6.36 Å². The van der Waals surface area contributed by atoms with Crippen LogP contribution >= 0.6 is 0 Å².